The van der Waals surface area contributed by atoms with E-state index in [2.05, 4.69) is 10.3 Å². The molecule has 0 aliphatic heterocycles. The van der Waals surface area contributed by atoms with Crippen LogP contribution in [0.5, 0.6) is 0 Å². The highest BCUT2D eigenvalue weighted by atomic mass is 16.4. The number of nitrogens with zero attached hydrogens (tertiary/aromatic N) is 3. The highest BCUT2D eigenvalue weighted by molar-refractivity contribution is 5.93. The van der Waals surface area contributed by atoms with E-state index in [0.717, 1.165) is 5.56 Å². The predicted octanol–water partition coefficient (Wildman–Crippen LogP) is 0.305. The first-order chi connectivity index (χ1) is 9.54. The molecule has 0 aliphatic carbocycles. The number of aliphatic hydroxyl groups is 2. The normalized spacial score (nSPS) is 12.3. The minimum Gasteiger partial charge on any atom is -0.476 e. The van der Waals surface area contributed by atoms with Crippen LogP contribution in [0.1, 0.15) is 16.1 Å². The fraction of sp³-hybridized carbons (Fsp3) is 0.308. The number of hydrogen-bond acceptors (Lipinski definition) is 5. The standard InChI is InChI=1S/C13H15N3O4/c1-8-4-2-3-5-10(8)12-11(13(19)20)14-15-16(12)6-9(18)7-17/h2-5,9,17-18H,6-7H2,1H3,(H,19,20). The average Bonchev–Trinajstić information content (AvgIpc) is 2.83. The van der Waals surface area contributed by atoms with Gasteiger partial charge in [0.2, 0.25) is 0 Å². The van der Waals surface area contributed by atoms with Crippen molar-refractivity contribution in [2.45, 2.75) is 19.6 Å². The van der Waals surface area contributed by atoms with Crippen LogP contribution in [0.25, 0.3) is 11.3 Å². The van der Waals surface area contributed by atoms with Crippen LogP contribution in [0.4, 0.5) is 0 Å². The quantitative estimate of drug-likeness (QED) is 0.725. The second-order valence-electron chi connectivity index (χ2n) is 4.43. The lowest BCUT2D eigenvalue weighted by Crippen LogP contribution is -2.21. The van der Waals surface area contributed by atoms with Crippen molar-refractivity contribution in [2.75, 3.05) is 6.61 Å². The maximum absolute atomic E-state index is 11.2. The second-order valence-corrected chi connectivity index (χ2v) is 4.43. The van der Waals surface area contributed by atoms with Crippen molar-refractivity contribution in [3.63, 3.8) is 0 Å². The number of benzene rings is 1. The van der Waals surface area contributed by atoms with Crippen LogP contribution in [0.2, 0.25) is 0 Å². The van der Waals surface area contributed by atoms with E-state index < -0.39 is 18.7 Å². The Labute approximate surface area is 115 Å². The zero-order valence-electron chi connectivity index (χ0n) is 10.9. The smallest absolute Gasteiger partial charge is 0.358 e. The van der Waals surface area contributed by atoms with Crippen LogP contribution in [0.3, 0.4) is 0 Å². The zero-order chi connectivity index (χ0) is 14.7. The first-order valence-electron chi connectivity index (χ1n) is 6.06. The third-order valence-electron chi connectivity index (χ3n) is 2.93. The molecule has 0 radical (unpaired) electrons. The molecule has 0 saturated heterocycles. The minimum atomic E-state index is -1.19. The highest BCUT2D eigenvalue weighted by Crippen LogP contribution is 2.25. The fourth-order valence-electron chi connectivity index (χ4n) is 1.95. The monoisotopic (exact) mass is 277 g/mol. The molecular weight excluding hydrogens is 262 g/mol. The third-order valence-corrected chi connectivity index (χ3v) is 2.93. The molecule has 7 nitrogen and oxygen atoms in total. The summed E-state index contributed by atoms with van der Waals surface area (Å²) < 4.78 is 1.30. The molecule has 2 aromatic rings. The molecule has 0 aliphatic rings. The van der Waals surface area contributed by atoms with Gasteiger partial charge in [0.1, 0.15) is 5.69 Å². The molecular formula is C13H15N3O4. The largest absolute Gasteiger partial charge is 0.476 e. The number of aryl methyl sites for hydroxylation is 1. The summed E-state index contributed by atoms with van der Waals surface area (Å²) in [6, 6.07) is 7.24. The van der Waals surface area contributed by atoms with Crippen LogP contribution in [0, 0.1) is 6.92 Å². The van der Waals surface area contributed by atoms with Gasteiger partial charge in [0.25, 0.3) is 0 Å². The van der Waals surface area contributed by atoms with Gasteiger partial charge in [0.05, 0.1) is 19.3 Å². The van der Waals surface area contributed by atoms with Gasteiger partial charge in [-0.2, -0.15) is 0 Å². The molecule has 1 heterocycles. The molecule has 1 aromatic carbocycles. The maximum atomic E-state index is 11.2. The molecule has 3 N–H and O–H groups in total. The van der Waals surface area contributed by atoms with Crippen molar-refractivity contribution >= 4 is 5.97 Å². The highest BCUT2D eigenvalue weighted by Gasteiger charge is 2.22. The Morgan fingerprint density at radius 1 is 1.40 bits per heavy atom. The van der Waals surface area contributed by atoms with Crippen molar-refractivity contribution in [1.82, 2.24) is 15.0 Å². The number of rotatable bonds is 5. The second kappa shape index (κ2) is 5.81. The lowest BCUT2D eigenvalue weighted by atomic mass is 10.0. The van der Waals surface area contributed by atoms with Crippen LogP contribution in [-0.2, 0) is 6.54 Å². The fourth-order valence-corrected chi connectivity index (χ4v) is 1.95. The van der Waals surface area contributed by atoms with E-state index in [-0.39, 0.29) is 12.2 Å². The molecule has 1 atom stereocenters. The Morgan fingerprint density at radius 3 is 2.70 bits per heavy atom. The molecule has 1 aromatic heterocycles. The molecule has 0 bridgehead atoms. The van der Waals surface area contributed by atoms with E-state index in [1.54, 1.807) is 12.1 Å². The number of carbonyl (C=O) groups is 1. The SMILES string of the molecule is Cc1ccccc1-c1c(C(=O)O)nnn1CC(O)CO. The summed E-state index contributed by atoms with van der Waals surface area (Å²) in [4.78, 5) is 11.2. The van der Waals surface area contributed by atoms with Crippen LogP contribution >= 0.6 is 0 Å². The molecule has 20 heavy (non-hydrogen) atoms. The summed E-state index contributed by atoms with van der Waals surface area (Å²) in [6.45, 7) is 1.39. The summed E-state index contributed by atoms with van der Waals surface area (Å²) >= 11 is 0. The van der Waals surface area contributed by atoms with E-state index in [4.69, 9.17) is 5.11 Å². The van der Waals surface area contributed by atoms with Crippen LogP contribution in [0.15, 0.2) is 24.3 Å². The van der Waals surface area contributed by atoms with E-state index in [1.165, 1.54) is 4.68 Å². The summed E-state index contributed by atoms with van der Waals surface area (Å²) in [5, 5.41) is 35.0. The first kappa shape index (κ1) is 14.2. The number of aromatic carboxylic acids is 1. The Bertz CT molecular complexity index is 624. The maximum Gasteiger partial charge on any atom is 0.358 e. The molecule has 2 rings (SSSR count). The van der Waals surface area contributed by atoms with E-state index in [9.17, 15) is 15.0 Å². The summed E-state index contributed by atoms with van der Waals surface area (Å²) in [5.74, 6) is -1.19. The summed E-state index contributed by atoms with van der Waals surface area (Å²) in [7, 11) is 0. The minimum absolute atomic E-state index is 0.0273. The predicted molar refractivity (Wildman–Crippen MR) is 70.2 cm³/mol. The summed E-state index contributed by atoms with van der Waals surface area (Å²) in [5.41, 5.74) is 1.70. The molecule has 106 valence electrons. The van der Waals surface area contributed by atoms with Crippen molar-refractivity contribution in [3.05, 3.63) is 35.5 Å². The molecule has 1 unspecified atom stereocenters. The molecule has 0 spiro atoms. The van der Waals surface area contributed by atoms with Gasteiger partial charge in [-0.15, -0.1) is 5.10 Å². The summed E-state index contributed by atoms with van der Waals surface area (Å²) in [6.07, 6.45) is -1.03. The molecule has 7 heteroatoms. The lowest BCUT2D eigenvalue weighted by Gasteiger charge is -2.12. The van der Waals surface area contributed by atoms with Crippen molar-refractivity contribution < 1.29 is 20.1 Å². The topological polar surface area (TPSA) is 108 Å². The van der Waals surface area contributed by atoms with Gasteiger partial charge < -0.3 is 15.3 Å². The first-order valence-corrected chi connectivity index (χ1v) is 6.06. The van der Waals surface area contributed by atoms with Crippen LogP contribution in [-0.4, -0.2) is 49.0 Å². The Balaban J connectivity index is 2.56. The van der Waals surface area contributed by atoms with Gasteiger partial charge in [-0.3, -0.25) is 0 Å². The van der Waals surface area contributed by atoms with Gasteiger partial charge in [-0.25, -0.2) is 9.48 Å². The number of hydrogen-bond donors (Lipinski definition) is 3. The molecule has 0 amide bonds. The number of carboxylic acids is 1. The van der Waals surface area contributed by atoms with Gasteiger partial charge in [0.15, 0.2) is 5.69 Å². The third kappa shape index (κ3) is 2.68. The van der Waals surface area contributed by atoms with Crippen molar-refractivity contribution in [3.8, 4) is 11.3 Å². The Morgan fingerprint density at radius 2 is 2.10 bits per heavy atom. The van der Waals surface area contributed by atoms with E-state index in [0.29, 0.717) is 11.3 Å². The van der Waals surface area contributed by atoms with Crippen molar-refractivity contribution in [2.24, 2.45) is 0 Å². The molecule has 0 fully saturated rings. The molecule has 0 saturated carbocycles. The van der Waals surface area contributed by atoms with Crippen LogP contribution < -0.4 is 0 Å². The Kier molecular flexibility index (Phi) is 4.11. The van der Waals surface area contributed by atoms with Gasteiger partial charge in [-0.05, 0) is 12.5 Å². The van der Waals surface area contributed by atoms with E-state index >= 15 is 0 Å². The number of carboxylic acid groups (broad SMARTS) is 1. The van der Waals surface area contributed by atoms with Gasteiger partial charge in [0, 0.05) is 5.56 Å². The zero-order valence-corrected chi connectivity index (χ0v) is 10.9. The average molecular weight is 277 g/mol. The van der Waals surface area contributed by atoms with Gasteiger partial charge >= 0.3 is 5.97 Å². The number of aromatic nitrogens is 3. The van der Waals surface area contributed by atoms with E-state index in [1.807, 2.05) is 19.1 Å². The lowest BCUT2D eigenvalue weighted by molar-refractivity contribution is 0.0690. The number of aliphatic hydroxyl groups excluding tert-OH is 2. The Hall–Kier alpha value is -2.25. The van der Waals surface area contributed by atoms with Crippen molar-refractivity contribution in [1.29, 1.82) is 0 Å². The van der Waals surface area contributed by atoms with Gasteiger partial charge in [-0.1, -0.05) is 29.5 Å².